The average Bonchev–Trinajstić information content (AvgIpc) is 2.59. The number of carbonyl (C=O) groups excluding carboxylic acids is 1. The second-order valence-electron chi connectivity index (χ2n) is 6.09. The number of halogens is 4. The number of para-hydroxylation sites is 1. The van der Waals surface area contributed by atoms with E-state index in [4.69, 9.17) is 0 Å². The lowest BCUT2D eigenvalue weighted by Crippen LogP contribution is -2.40. The molecule has 1 amide bonds. The molecule has 6 nitrogen and oxygen atoms in total. The Hall–Kier alpha value is -2.39. The minimum atomic E-state index is -4.60. The van der Waals surface area contributed by atoms with Crippen molar-refractivity contribution in [3.8, 4) is 5.69 Å². The normalized spacial score (nSPS) is 12.2. The van der Waals surface area contributed by atoms with E-state index in [1.807, 2.05) is 13.8 Å². The zero-order valence-corrected chi connectivity index (χ0v) is 16.4. The highest BCUT2D eigenvalue weighted by atomic mass is 35.5. The lowest BCUT2D eigenvalue weighted by molar-refractivity contribution is -0.137. The van der Waals surface area contributed by atoms with Gasteiger partial charge in [-0.2, -0.15) is 18.3 Å². The number of benzene rings is 1. The topological polar surface area (TPSA) is 76.0 Å². The summed E-state index contributed by atoms with van der Waals surface area (Å²) in [6, 6.07) is 5.93. The monoisotopic (exact) mass is 418 g/mol. The molecule has 0 unspecified atom stereocenters. The van der Waals surface area contributed by atoms with Gasteiger partial charge < -0.3 is 10.6 Å². The summed E-state index contributed by atoms with van der Waals surface area (Å²) < 4.78 is 40.9. The maximum Gasteiger partial charge on any atom is 0.418 e. The van der Waals surface area contributed by atoms with Crippen molar-refractivity contribution in [3.05, 3.63) is 57.5 Å². The Balaban J connectivity index is 0.00000392. The number of aryl methyl sites for hydroxylation is 1. The van der Waals surface area contributed by atoms with Crippen LogP contribution in [0, 0.1) is 6.92 Å². The second-order valence-corrected chi connectivity index (χ2v) is 6.09. The minimum Gasteiger partial charge on any atom is -0.349 e. The van der Waals surface area contributed by atoms with Gasteiger partial charge in [0.25, 0.3) is 5.91 Å². The van der Waals surface area contributed by atoms with Gasteiger partial charge in [-0.15, -0.1) is 12.4 Å². The fourth-order valence-corrected chi connectivity index (χ4v) is 2.60. The number of nitrogens with one attached hydrogen (secondary N) is 2. The van der Waals surface area contributed by atoms with E-state index in [-0.39, 0.29) is 36.4 Å². The quantitative estimate of drug-likeness (QED) is 0.756. The smallest absolute Gasteiger partial charge is 0.349 e. The van der Waals surface area contributed by atoms with Gasteiger partial charge >= 0.3 is 6.18 Å². The lowest BCUT2D eigenvalue weighted by atomic mass is 10.1. The second kappa shape index (κ2) is 9.70. The standard InChI is InChI=1S/C18H21F3N4O2.ClH/c1-4-22-11(2)10-23-17(27)16-15(26)9-12(3)25(24-16)14-8-6-5-7-13(14)18(19,20)21;/h5-9,11,22H,4,10H2,1-3H3,(H,23,27);1H/t11-;/m1./s1. The molecule has 1 atom stereocenters. The van der Waals surface area contributed by atoms with Crippen LogP contribution < -0.4 is 16.1 Å². The maximum atomic E-state index is 13.3. The van der Waals surface area contributed by atoms with Gasteiger partial charge in [0.15, 0.2) is 5.69 Å². The zero-order chi connectivity index (χ0) is 20.2. The number of hydrogen-bond donors (Lipinski definition) is 2. The third kappa shape index (κ3) is 5.56. The van der Waals surface area contributed by atoms with Crippen LogP contribution in [-0.2, 0) is 6.18 Å². The SMILES string of the molecule is CCN[C@H](C)CNC(=O)c1nn(-c2ccccc2C(F)(F)F)c(C)cc1=O.Cl. The Morgan fingerprint density at radius 2 is 1.93 bits per heavy atom. The predicted molar refractivity (Wildman–Crippen MR) is 102 cm³/mol. The van der Waals surface area contributed by atoms with E-state index in [0.717, 1.165) is 16.8 Å². The number of amides is 1. The first kappa shape index (κ1) is 23.6. The summed E-state index contributed by atoms with van der Waals surface area (Å²) in [6.07, 6.45) is -4.60. The van der Waals surface area contributed by atoms with Crippen LogP contribution in [0.5, 0.6) is 0 Å². The van der Waals surface area contributed by atoms with Crippen LogP contribution in [0.25, 0.3) is 5.69 Å². The summed E-state index contributed by atoms with van der Waals surface area (Å²) in [4.78, 5) is 24.5. The lowest BCUT2D eigenvalue weighted by Gasteiger charge is -2.17. The summed E-state index contributed by atoms with van der Waals surface area (Å²) >= 11 is 0. The van der Waals surface area contributed by atoms with Crippen LogP contribution in [0.1, 0.15) is 35.6 Å². The number of nitrogens with zero attached hydrogens (tertiary/aromatic N) is 2. The molecule has 0 saturated carbocycles. The minimum absolute atomic E-state index is 0. The van der Waals surface area contributed by atoms with E-state index in [2.05, 4.69) is 15.7 Å². The number of rotatable bonds is 6. The van der Waals surface area contributed by atoms with Crippen molar-refractivity contribution in [1.82, 2.24) is 20.4 Å². The Bertz CT molecular complexity index is 884. The first-order valence-corrected chi connectivity index (χ1v) is 8.44. The highest BCUT2D eigenvalue weighted by Crippen LogP contribution is 2.33. The highest BCUT2D eigenvalue weighted by molar-refractivity contribution is 5.92. The van der Waals surface area contributed by atoms with E-state index >= 15 is 0 Å². The third-order valence-electron chi connectivity index (χ3n) is 3.88. The number of likely N-dealkylation sites (N-methyl/N-ethyl adjacent to an activating group) is 1. The first-order chi connectivity index (χ1) is 12.6. The zero-order valence-electron chi connectivity index (χ0n) is 15.6. The highest BCUT2D eigenvalue weighted by Gasteiger charge is 2.34. The molecule has 1 heterocycles. The van der Waals surface area contributed by atoms with Gasteiger partial charge in [-0.3, -0.25) is 9.59 Å². The van der Waals surface area contributed by atoms with Gasteiger partial charge in [0.1, 0.15) is 0 Å². The van der Waals surface area contributed by atoms with Crippen molar-refractivity contribution in [3.63, 3.8) is 0 Å². The Morgan fingerprint density at radius 1 is 1.29 bits per heavy atom. The maximum absolute atomic E-state index is 13.3. The predicted octanol–water partition coefficient (Wildman–Crippen LogP) is 2.71. The number of aromatic nitrogens is 2. The van der Waals surface area contributed by atoms with Crippen LogP contribution >= 0.6 is 12.4 Å². The van der Waals surface area contributed by atoms with Crippen LogP contribution in [0.3, 0.4) is 0 Å². The molecule has 0 aliphatic rings. The summed E-state index contributed by atoms with van der Waals surface area (Å²) in [6.45, 7) is 6.18. The first-order valence-electron chi connectivity index (χ1n) is 8.44. The molecule has 1 aromatic carbocycles. The van der Waals surface area contributed by atoms with Crippen LogP contribution in [-0.4, -0.2) is 34.8 Å². The largest absolute Gasteiger partial charge is 0.418 e. The molecule has 154 valence electrons. The van der Waals surface area contributed by atoms with Gasteiger partial charge in [-0.1, -0.05) is 19.1 Å². The van der Waals surface area contributed by atoms with E-state index in [9.17, 15) is 22.8 Å². The van der Waals surface area contributed by atoms with Crippen LogP contribution in [0.15, 0.2) is 35.1 Å². The molecule has 0 radical (unpaired) electrons. The average molecular weight is 419 g/mol. The molecule has 0 aliphatic heterocycles. The van der Waals surface area contributed by atoms with Crippen molar-refractivity contribution in [2.75, 3.05) is 13.1 Å². The molecule has 0 saturated heterocycles. The van der Waals surface area contributed by atoms with E-state index in [1.54, 1.807) is 0 Å². The van der Waals surface area contributed by atoms with Gasteiger partial charge in [0, 0.05) is 24.3 Å². The Morgan fingerprint density at radius 3 is 2.54 bits per heavy atom. The molecule has 28 heavy (non-hydrogen) atoms. The van der Waals surface area contributed by atoms with Crippen molar-refractivity contribution in [1.29, 1.82) is 0 Å². The van der Waals surface area contributed by atoms with E-state index < -0.39 is 28.8 Å². The molecule has 10 heteroatoms. The third-order valence-corrected chi connectivity index (χ3v) is 3.88. The Labute approximate surface area is 166 Å². The number of alkyl halides is 3. The summed E-state index contributed by atoms with van der Waals surface area (Å²) in [5.74, 6) is -0.733. The van der Waals surface area contributed by atoms with Crippen molar-refractivity contribution < 1.29 is 18.0 Å². The van der Waals surface area contributed by atoms with E-state index in [1.165, 1.54) is 25.1 Å². The van der Waals surface area contributed by atoms with Crippen molar-refractivity contribution >= 4 is 18.3 Å². The molecular formula is C18H22ClF3N4O2. The summed E-state index contributed by atoms with van der Waals surface area (Å²) in [7, 11) is 0. The molecule has 2 N–H and O–H groups in total. The van der Waals surface area contributed by atoms with Gasteiger partial charge in [0.05, 0.1) is 11.3 Å². The molecule has 2 aromatic rings. The molecular weight excluding hydrogens is 397 g/mol. The fourth-order valence-electron chi connectivity index (χ4n) is 2.60. The molecule has 1 aromatic heterocycles. The molecule has 0 aliphatic carbocycles. The van der Waals surface area contributed by atoms with Gasteiger partial charge in [0.2, 0.25) is 5.43 Å². The van der Waals surface area contributed by atoms with E-state index in [0.29, 0.717) is 6.54 Å². The Kier molecular flexibility index (Phi) is 8.19. The van der Waals surface area contributed by atoms with Gasteiger partial charge in [-0.05, 0) is 32.5 Å². The fraction of sp³-hybridized carbons (Fsp3) is 0.389. The van der Waals surface area contributed by atoms with Crippen molar-refractivity contribution in [2.45, 2.75) is 33.0 Å². The number of hydrogen-bond acceptors (Lipinski definition) is 4. The van der Waals surface area contributed by atoms with Gasteiger partial charge in [-0.25, -0.2) is 4.68 Å². The summed E-state index contributed by atoms with van der Waals surface area (Å²) in [5, 5.41) is 9.57. The number of carbonyl (C=O) groups is 1. The molecule has 0 spiro atoms. The van der Waals surface area contributed by atoms with Crippen LogP contribution in [0.4, 0.5) is 13.2 Å². The molecule has 0 bridgehead atoms. The summed E-state index contributed by atoms with van der Waals surface area (Å²) in [5.41, 5.74) is -2.08. The molecule has 0 fully saturated rings. The van der Waals surface area contributed by atoms with Crippen LogP contribution in [0.2, 0.25) is 0 Å². The van der Waals surface area contributed by atoms with Crippen molar-refractivity contribution in [2.24, 2.45) is 0 Å². The molecule has 2 rings (SSSR count).